The third kappa shape index (κ3) is 3.14. The number of aromatic nitrogens is 2. The van der Waals surface area contributed by atoms with Gasteiger partial charge in [0.15, 0.2) is 5.13 Å². The number of carbonyl (C=O) groups excluding carboxylic acids is 1. The van der Waals surface area contributed by atoms with Gasteiger partial charge in [0.2, 0.25) is 0 Å². The summed E-state index contributed by atoms with van der Waals surface area (Å²) in [4.78, 5) is 22.8. The third-order valence-corrected chi connectivity index (χ3v) is 4.04. The van der Waals surface area contributed by atoms with Crippen molar-refractivity contribution in [3.8, 4) is 0 Å². The molecule has 20 heavy (non-hydrogen) atoms. The SMILES string of the molecule is CCOC(=O)c1cnc(N(C)[C@H](C)c2ccccn2)s1. The highest BCUT2D eigenvalue weighted by Crippen LogP contribution is 2.28. The van der Waals surface area contributed by atoms with E-state index in [4.69, 9.17) is 4.74 Å². The summed E-state index contributed by atoms with van der Waals surface area (Å²) in [6.45, 7) is 4.20. The third-order valence-electron chi connectivity index (χ3n) is 2.97. The summed E-state index contributed by atoms with van der Waals surface area (Å²) in [5, 5.41) is 0.770. The van der Waals surface area contributed by atoms with Gasteiger partial charge in [-0.2, -0.15) is 0 Å². The largest absolute Gasteiger partial charge is 0.462 e. The zero-order chi connectivity index (χ0) is 14.5. The van der Waals surface area contributed by atoms with E-state index in [1.165, 1.54) is 11.3 Å². The molecule has 0 aliphatic rings. The first-order valence-electron chi connectivity index (χ1n) is 6.40. The number of pyridine rings is 1. The van der Waals surface area contributed by atoms with E-state index in [1.54, 1.807) is 19.3 Å². The van der Waals surface area contributed by atoms with Crippen molar-refractivity contribution in [1.82, 2.24) is 9.97 Å². The van der Waals surface area contributed by atoms with E-state index in [0.717, 1.165) is 10.8 Å². The highest BCUT2D eigenvalue weighted by Gasteiger charge is 2.18. The lowest BCUT2D eigenvalue weighted by atomic mass is 10.2. The molecule has 2 heterocycles. The van der Waals surface area contributed by atoms with Gasteiger partial charge in [-0.25, -0.2) is 9.78 Å². The molecule has 5 nitrogen and oxygen atoms in total. The van der Waals surface area contributed by atoms with Crippen molar-refractivity contribution in [2.24, 2.45) is 0 Å². The minimum absolute atomic E-state index is 0.0809. The second-order valence-electron chi connectivity index (χ2n) is 4.27. The number of thiazole rings is 1. The lowest BCUT2D eigenvalue weighted by Crippen LogP contribution is -2.22. The van der Waals surface area contributed by atoms with Gasteiger partial charge < -0.3 is 9.64 Å². The molecule has 0 aromatic carbocycles. The quantitative estimate of drug-likeness (QED) is 0.793. The number of carbonyl (C=O) groups is 1. The first-order chi connectivity index (χ1) is 9.63. The molecule has 0 bridgehead atoms. The molecule has 2 rings (SSSR count). The van der Waals surface area contributed by atoms with Crippen LogP contribution < -0.4 is 4.90 Å². The predicted molar refractivity (Wildman–Crippen MR) is 79.1 cm³/mol. The van der Waals surface area contributed by atoms with Gasteiger partial charge >= 0.3 is 5.97 Å². The molecule has 0 N–H and O–H groups in total. The smallest absolute Gasteiger partial charge is 0.350 e. The zero-order valence-corrected chi connectivity index (χ0v) is 12.6. The molecule has 0 spiro atoms. The van der Waals surface area contributed by atoms with Gasteiger partial charge in [-0.1, -0.05) is 17.4 Å². The van der Waals surface area contributed by atoms with Gasteiger partial charge in [-0.15, -0.1) is 0 Å². The number of anilines is 1. The van der Waals surface area contributed by atoms with Crippen LogP contribution in [0.15, 0.2) is 30.6 Å². The molecule has 0 amide bonds. The zero-order valence-electron chi connectivity index (χ0n) is 11.7. The van der Waals surface area contributed by atoms with Gasteiger partial charge in [0.05, 0.1) is 24.5 Å². The van der Waals surface area contributed by atoms with Crippen LogP contribution in [0, 0.1) is 0 Å². The maximum absolute atomic E-state index is 11.6. The molecule has 0 aliphatic carbocycles. The Kier molecular flexibility index (Phi) is 4.68. The minimum atomic E-state index is -0.324. The van der Waals surface area contributed by atoms with E-state index in [-0.39, 0.29) is 12.0 Å². The normalized spacial score (nSPS) is 11.9. The number of esters is 1. The molecule has 0 aliphatic heterocycles. The second-order valence-corrected chi connectivity index (χ2v) is 5.28. The Bertz CT molecular complexity index is 571. The van der Waals surface area contributed by atoms with E-state index in [1.807, 2.05) is 37.1 Å². The summed E-state index contributed by atoms with van der Waals surface area (Å²) in [5.41, 5.74) is 0.961. The Labute approximate surface area is 122 Å². The average Bonchev–Trinajstić information content (AvgIpc) is 2.97. The summed E-state index contributed by atoms with van der Waals surface area (Å²) in [7, 11) is 1.94. The van der Waals surface area contributed by atoms with Gasteiger partial charge in [-0.3, -0.25) is 4.98 Å². The topological polar surface area (TPSA) is 55.3 Å². The van der Waals surface area contributed by atoms with Crippen LogP contribution in [0.25, 0.3) is 0 Å². The van der Waals surface area contributed by atoms with Crippen molar-refractivity contribution < 1.29 is 9.53 Å². The maximum atomic E-state index is 11.6. The van der Waals surface area contributed by atoms with Crippen LogP contribution in [0.3, 0.4) is 0 Å². The van der Waals surface area contributed by atoms with Crippen LogP contribution >= 0.6 is 11.3 Å². The van der Waals surface area contributed by atoms with E-state index < -0.39 is 0 Å². The number of nitrogens with zero attached hydrogens (tertiary/aromatic N) is 3. The van der Waals surface area contributed by atoms with Crippen molar-refractivity contribution in [2.45, 2.75) is 19.9 Å². The Hall–Kier alpha value is -1.95. The van der Waals surface area contributed by atoms with Gasteiger partial charge in [0.25, 0.3) is 0 Å². The lowest BCUT2D eigenvalue weighted by molar-refractivity contribution is 0.0532. The van der Waals surface area contributed by atoms with Crippen molar-refractivity contribution in [3.05, 3.63) is 41.2 Å². The van der Waals surface area contributed by atoms with Crippen LogP contribution in [0.4, 0.5) is 5.13 Å². The number of hydrogen-bond acceptors (Lipinski definition) is 6. The summed E-state index contributed by atoms with van der Waals surface area (Å²) < 4.78 is 4.97. The molecule has 2 aromatic heterocycles. The first kappa shape index (κ1) is 14.5. The molecule has 6 heteroatoms. The first-order valence-corrected chi connectivity index (χ1v) is 7.21. The van der Waals surface area contributed by atoms with Crippen LogP contribution in [0.5, 0.6) is 0 Å². The summed E-state index contributed by atoms with van der Waals surface area (Å²) >= 11 is 1.32. The molecular weight excluding hydrogens is 274 g/mol. The fourth-order valence-electron chi connectivity index (χ4n) is 1.71. The van der Waals surface area contributed by atoms with Gasteiger partial charge in [0, 0.05) is 13.2 Å². The second kappa shape index (κ2) is 6.47. The molecule has 0 radical (unpaired) electrons. The lowest BCUT2D eigenvalue weighted by Gasteiger charge is -2.23. The fourth-order valence-corrected chi connectivity index (χ4v) is 2.56. The van der Waals surface area contributed by atoms with Crippen molar-refractivity contribution in [2.75, 3.05) is 18.6 Å². The van der Waals surface area contributed by atoms with Crippen molar-refractivity contribution in [3.63, 3.8) is 0 Å². The fraction of sp³-hybridized carbons (Fsp3) is 0.357. The molecule has 0 fully saturated rings. The number of hydrogen-bond donors (Lipinski definition) is 0. The highest BCUT2D eigenvalue weighted by atomic mass is 32.1. The van der Waals surface area contributed by atoms with E-state index in [2.05, 4.69) is 9.97 Å². The number of ether oxygens (including phenoxy) is 1. The number of rotatable bonds is 5. The maximum Gasteiger partial charge on any atom is 0.350 e. The molecular formula is C14H17N3O2S. The molecule has 0 saturated heterocycles. The molecule has 2 aromatic rings. The Balaban J connectivity index is 2.13. The summed E-state index contributed by atoms with van der Waals surface area (Å²) in [6.07, 6.45) is 3.32. The molecule has 106 valence electrons. The standard InChI is InChI=1S/C14H17N3O2S/c1-4-19-13(18)12-9-16-14(20-12)17(3)10(2)11-7-5-6-8-15-11/h5-10H,4H2,1-3H3/t10-/m1/s1. The monoisotopic (exact) mass is 291 g/mol. The van der Waals surface area contributed by atoms with Crippen LogP contribution in [-0.2, 0) is 4.74 Å². The summed E-state index contributed by atoms with van der Waals surface area (Å²) in [5.74, 6) is -0.324. The average molecular weight is 291 g/mol. The van der Waals surface area contributed by atoms with Gasteiger partial charge in [-0.05, 0) is 26.0 Å². The Morgan fingerprint density at radius 3 is 2.90 bits per heavy atom. The minimum Gasteiger partial charge on any atom is -0.462 e. The molecule has 0 saturated carbocycles. The van der Waals surface area contributed by atoms with Crippen molar-refractivity contribution >= 4 is 22.4 Å². The van der Waals surface area contributed by atoms with Crippen LogP contribution in [-0.4, -0.2) is 29.6 Å². The van der Waals surface area contributed by atoms with E-state index in [9.17, 15) is 4.79 Å². The van der Waals surface area contributed by atoms with Gasteiger partial charge in [0.1, 0.15) is 4.88 Å². The molecule has 0 unspecified atom stereocenters. The summed E-state index contributed by atoms with van der Waals surface area (Å²) in [6, 6.07) is 5.90. The van der Waals surface area contributed by atoms with Crippen LogP contribution in [0.2, 0.25) is 0 Å². The van der Waals surface area contributed by atoms with Crippen LogP contribution in [0.1, 0.15) is 35.3 Å². The Morgan fingerprint density at radius 2 is 2.25 bits per heavy atom. The predicted octanol–water partition coefficient (Wildman–Crippen LogP) is 2.91. The van der Waals surface area contributed by atoms with Crippen molar-refractivity contribution in [1.29, 1.82) is 0 Å². The highest BCUT2D eigenvalue weighted by molar-refractivity contribution is 7.17. The Morgan fingerprint density at radius 1 is 1.45 bits per heavy atom. The molecule has 1 atom stereocenters. The van der Waals surface area contributed by atoms with E-state index >= 15 is 0 Å². The van der Waals surface area contributed by atoms with E-state index in [0.29, 0.717) is 11.5 Å².